The van der Waals surface area contributed by atoms with Gasteiger partial charge in [-0.3, -0.25) is 0 Å². The van der Waals surface area contributed by atoms with Crippen molar-refractivity contribution in [1.29, 1.82) is 0 Å². The topological polar surface area (TPSA) is 76.0 Å². The van der Waals surface area contributed by atoms with Crippen LogP contribution in [-0.2, 0) is 25.9 Å². The first-order valence-electron chi connectivity index (χ1n) is 4.45. The fourth-order valence-corrected chi connectivity index (χ4v) is 1.34. The molecule has 5 nitrogen and oxygen atoms in total. The van der Waals surface area contributed by atoms with Crippen LogP contribution in [0.4, 0.5) is 0 Å². The lowest BCUT2D eigenvalue weighted by Crippen LogP contribution is -2.03. The Labute approximate surface area is 94.0 Å². The van der Waals surface area contributed by atoms with E-state index < -0.39 is 6.72 Å². The number of esters is 1. The summed E-state index contributed by atoms with van der Waals surface area (Å²) in [4.78, 5) is 28.2. The molecule has 0 aliphatic carbocycles. The molecule has 0 saturated heterocycles. The summed E-state index contributed by atoms with van der Waals surface area (Å²) in [7, 11) is 0. The molecule has 15 heavy (non-hydrogen) atoms. The first kappa shape index (κ1) is 14.7. The van der Waals surface area contributed by atoms with Gasteiger partial charge in [-0.1, -0.05) is 6.08 Å². The van der Waals surface area contributed by atoms with Crippen LogP contribution in [0, 0.1) is 0 Å². The third kappa shape index (κ3) is 11.7. The fourth-order valence-electron chi connectivity index (χ4n) is 0.745. The van der Waals surface area contributed by atoms with E-state index in [1.807, 2.05) is 0 Å². The standard InChI is InChI=1S/C8H15O5PS/c1-2-5-8(9)12-6-3-4-7-13-14(10,11)15/h2,5H,3-4,6-7H2,1H3,(H2,10,11,15). The third-order valence-electron chi connectivity index (χ3n) is 1.35. The van der Waals surface area contributed by atoms with Crippen molar-refractivity contribution in [2.45, 2.75) is 19.8 Å². The molecule has 2 N–H and O–H groups in total. The van der Waals surface area contributed by atoms with E-state index in [0.717, 1.165) is 0 Å². The average Bonchev–Trinajstić information content (AvgIpc) is 2.09. The van der Waals surface area contributed by atoms with E-state index in [1.165, 1.54) is 6.08 Å². The highest BCUT2D eigenvalue weighted by Crippen LogP contribution is 2.36. The predicted octanol–water partition coefficient (Wildman–Crippen LogP) is 1.11. The number of rotatable bonds is 7. The highest BCUT2D eigenvalue weighted by molar-refractivity contribution is 8.06. The molecule has 88 valence electrons. The van der Waals surface area contributed by atoms with Crippen LogP contribution >= 0.6 is 6.72 Å². The second-order valence-corrected chi connectivity index (χ2v) is 5.36. The van der Waals surface area contributed by atoms with Crippen LogP contribution in [0.1, 0.15) is 19.8 Å². The van der Waals surface area contributed by atoms with E-state index in [4.69, 9.17) is 14.5 Å². The first-order valence-corrected chi connectivity index (χ1v) is 7.08. The van der Waals surface area contributed by atoms with Gasteiger partial charge in [-0.05, 0) is 31.6 Å². The lowest BCUT2D eigenvalue weighted by atomic mass is 10.3. The summed E-state index contributed by atoms with van der Waals surface area (Å²) in [5, 5.41) is 0. The molecule has 0 fully saturated rings. The minimum atomic E-state index is -3.53. The van der Waals surface area contributed by atoms with E-state index in [0.29, 0.717) is 12.8 Å². The monoisotopic (exact) mass is 254 g/mol. The van der Waals surface area contributed by atoms with Crippen molar-refractivity contribution in [3.05, 3.63) is 12.2 Å². The summed E-state index contributed by atoms with van der Waals surface area (Å²) < 4.78 is 9.36. The van der Waals surface area contributed by atoms with Gasteiger partial charge in [0.15, 0.2) is 0 Å². The summed E-state index contributed by atoms with van der Waals surface area (Å²) in [6.45, 7) is -1.36. The van der Waals surface area contributed by atoms with Crippen molar-refractivity contribution in [1.82, 2.24) is 0 Å². The van der Waals surface area contributed by atoms with Crippen LogP contribution in [-0.4, -0.2) is 29.0 Å². The molecular weight excluding hydrogens is 239 g/mol. The number of hydrogen-bond acceptors (Lipinski definition) is 4. The quantitative estimate of drug-likeness (QED) is 0.307. The Balaban J connectivity index is 3.33. The first-order chi connectivity index (χ1) is 6.95. The van der Waals surface area contributed by atoms with Gasteiger partial charge in [0, 0.05) is 6.08 Å². The summed E-state index contributed by atoms with van der Waals surface area (Å²) in [6, 6.07) is 0. The van der Waals surface area contributed by atoms with E-state index in [-0.39, 0.29) is 19.2 Å². The molecule has 0 spiro atoms. The van der Waals surface area contributed by atoms with Crippen molar-refractivity contribution in [3.63, 3.8) is 0 Å². The van der Waals surface area contributed by atoms with Gasteiger partial charge in [0.25, 0.3) is 0 Å². The van der Waals surface area contributed by atoms with Crippen LogP contribution in [0.15, 0.2) is 12.2 Å². The fraction of sp³-hybridized carbons (Fsp3) is 0.625. The van der Waals surface area contributed by atoms with Crippen LogP contribution in [0.2, 0.25) is 0 Å². The molecule has 0 aromatic rings. The molecule has 0 radical (unpaired) electrons. The Morgan fingerprint density at radius 2 is 2.00 bits per heavy atom. The summed E-state index contributed by atoms with van der Waals surface area (Å²) in [5.74, 6) is -0.382. The molecule has 0 bridgehead atoms. The summed E-state index contributed by atoms with van der Waals surface area (Å²) >= 11 is 4.24. The molecule has 0 aromatic heterocycles. The van der Waals surface area contributed by atoms with Crippen molar-refractivity contribution in [3.8, 4) is 0 Å². The van der Waals surface area contributed by atoms with Crippen molar-refractivity contribution < 1.29 is 23.8 Å². The lowest BCUT2D eigenvalue weighted by molar-refractivity contribution is -0.137. The number of carbonyl (C=O) groups is 1. The normalized spacial score (nSPS) is 11.9. The maximum Gasteiger partial charge on any atom is 0.330 e. The number of unbranched alkanes of at least 4 members (excludes halogenated alkanes) is 1. The van der Waals surface area contributed by atoms with Gasteiger partial charge in [0.05, 0.1) is 13.2 Å². The van der Waals surface area contributed by atoms with Crippen LogP contribution in [0.3, 0.4) is 0 Å². The highest BCUT2D eigenvalue weighted by Gasteiger charge is 2.06. The Morgan fingerprint density at radius 1 is 1.40 bits per heavy atom. The Morgan fingerprint density at radius 3 is 2.53 bits per heavy atom. The molecule has 0 amide bonds. The summed E-state index contributed by atoms with van der Waals surface area (Å²) in [5.41, 5.74) is 0. The SMILES string of the molecule is CC=CC(=O)OCCCCOP(O)(O)=S. The molecular formula is C8H15O5PS. The predicted molar refractivity (Wildman–Crippen MR) is 59.7 cm³/mol. The minimum Gasteiger partial charge on any atom is -0.463 e. The molecule has 0 aliphatic heterocycles. The minimum absolute atomic E-state index is 0.158. The van der Waals surface area contributed by atoms with Gasteiger partial charge in [0.2, 0.25) is 0 Å². The van der Waals surface area contributed by atoms with Gasteiger partial charge < -0.3 is 19.0 Å². The second kappa shape index (κ2) is 7.96. The number of ether oxygens (including phenoxy) is 1. The van der Waals surface area contributed by atoms with Gasteiger partial charge in [-0.2, -0.15) is 0 Å². The zero-order chi connectivity index (χ0) is 11.7. The number of carbonyl (C=O) groups excluding carboxylic acids is 1. The van der Waals surface area contributed by atoms with E-state index in [9.17, 15) is 4.79 Å². The Bertz CT molecular complexity index is 260. The zero-order valence-corrected chi connectivity index (χ0v) is 10.2. The third-order valence-corrected chi connectivity index (χ3v) is 2.18. The smallest absolute Gasteiger partial charge is 0.330 e. The van der Waals surface area contributed by atoms with Crippen molar-refractivity contribution in [2.24, 2.45) is 0 Å². The van der Waals surface area contributed by atoms with E-state index in [2.05, 4.69) is 16.3 Å². The lowest BCUT2D eigenvalue weighted by Gasteiger charge is -2.07. The Kier molecular flexibility index (Phi) is 7.82. The average molecular weight is 254 g/mol. The zero-order valence-electron chi connectivity index (χ0n) is 8.46. The highest BCUT2D eigenvalue weighted by atomic mass is 32.5. The van der Waals surface area contributed by atoms with Gasteiger partial charge >= 0.3 is 12.7 Å². The van der Waals surface area contributed by atoms with Crippen molar-refractivity contribution in [2.75, 3.05) is 13.2 Å². The maximum absolute atomic E-state index is 10.8. The number of allylic oxidation sites excluding steroid dienone is 1. The molecule has 0 aliphatic rings. The van der Waals surface area contributed by atoms with Crippen LogP contribution in [0.5, 0.6) is 0 Å². The summed E-state index contributed by atoms with van der Waals surface area (Å²) in [6.07, 6.45) is 4.08. The van der Waals surface area contributed by atoms with Crippen LogP contribution < -0.4 is 0 Å². The van der Waals surface area contributed by atoms with Gasteiger partial charge in [-0.25, -0.2) is 4.79 Å². The Hall–Kier alpha value is -0.260. The maximum atomic E-state index is 10.8. The molecule has 0 heterocycles. The largest absolute Gasteiger partial charge is 0.463 e. The molecule has 0 rings (SSSR count). The number of hydrogen-bond donors (Lipinski definition) is 2. The van der Waals surface area contributed by atoms with Crippen molar-refractivity contribution >= 4 is 24.5 Å². The molecule has 0 unspecified atom stereocenters. The van der Waals surface area contributed by atoms with E-state index >= 15 is 0 Å². The second-order valence-electron chi connectivity index (χ2n) is 2.70. The molecule has 7 heteroatoms. The van der Waals surface area contributed by atoms with Crippen LogP contribution in [0.25, 0.3) is 0 Å². The molecule has 0 atom stereocenters. The van der Waals surface area contributed by atoms with Gasteiger partial charge in [-0.15, -0.1) is 0 Å². The van der Waals surface area contributed by atoms with Gasteiger partial charge in [0.1, 0.15) is 0 Å². The molecule has 0 saturated carbocycles. The van der Waals surface area contributed by atoms with E-state index in [1.54, 1.807) is 13.0 Å². The molecule has 0 aromatic carbocycles.